The fourth-order valence-corrected chi connectivity index (χ4v) is 2.18. The Bertz CT molecular complexity index is 371. The van der Waals surface area contributed by atoms with Gasteiger partial charge in [0.15, 0.2) is 0 Å². The Morgan fingerprint density at radius 2 is 2.53 bits per heavy atom. The van der Waals surface area contributed by atoms with Crippen LogP contribution in [-0.2, 0) is 28.9 Å². The van der Waals surface area contributed by atoms with Crippen molar-refractivity contribution in [1.82, 2.24) is 9.55 Å². The van der Waals surface area contributed by atoms with E-state index in [2.05, 4.69) is 16.5 Å². The highest BCUT2D eigenvalue weighted by Crippen LogP contribution is 2.22. The van der Waals surface area contributed by atoms with Crippen molar-refractivity contribution in [3.63, 3.8) is 0 Å². The monoisotopic (exact) mass is 208 g/mol. The highest BCUT2D eigenvalue weighted by Gasteiger charge is 2.26. The van der Waals surface area contributed by atoms with Gasteiger partial charge in [0.1, 0.15) is 5.82 Å². The van der Waals surface area contributed by atoms with Crippen LogP contribution < -0.4 is 0 Å². The van der Waals surface area contributed by atoms with Crippen LogP contribution in [0.4, 0.5) is 0 Å². The number of methoxy groups -OCH3 is 1. The van der Waals surface area contributed by atoms with E-state index in [0.29, 0.717) is 0 Å². The normalized spacial score (nSPS) is 19.7. The molecule has 1 atom stereocenters. The molecular formula is C11H16N2O2. The van der Waals surface area contributed by atoms with Gasteiger partial charge < -0.3 is 9.30 Å². The van der Waals surface area contributed by atoms with Crippen molar-refractivity contribution in [2.24, 2.45) is 5.92 Å². The number of aromatic nitrogens is 2. The molecule has 2 rings (SSSR count). The van der Waals surface area contributed by atoms with E-state index in [1.54, 1.807) is 0 Å². The molecule has 0 radical (unpaired) electrons. The van der Waals surface area contributed by atoms with Gasteiger partial charge in [-0.2, -0.15) is 0 Å². The van der Waals surface area contributed by atoms with E-state index < -0.39 is 0 Å². The van der Waals surface area contributed by atoms with Gasteiger partial charge in [0.2, 0.25) is 0 Å². The first kappa shape index (κ1) is 10.2. The van der Waals surface area contributed by atoms with Gasteiger partial charge in [0, 0.05) is 31.3 Å². The predicted octanol–water partition coefficient (Wildman–Crippen LogP) is 1.18. The number of nitrogens with zero attached hydrogens (tertiary/aromatic N) is 2. The van der Waals surface area contributed by atoms with E-state index in [1.165, 1.54) is 7.11 Å². The molecule has 0 N–H and O–H groups in total. The minimum atomic E-state index is -0.0968. The molecule has 4 heteroatoms. The van der Waals surface area contributed by atoms with Gasteiger partial charge in [0.25, 0.3) is 0 Å². The Labute approximate surface area is 89.3 Å². The van der Waals surface area contributed by atoms with Crippen LogP contribution in [-0.4, -0.2) is 22.6 Å². The van der Waals surface area contributed by atoms with Gasteiger partial charge in [-0.15, -0.1) is 0 Å². The van der Waals surface area contributed by atoms with E-state index >= 15 is 0 Å². The van der Waals surface area contributed by atoms with Crippen LogP contribution in [0, 0.1) is 5.92 Å². The van der Waals surface area contributed by atoms with Gasteiger partial charge in [-0.05, 0) is 6.42 Å². The van der Waals surface area contributed by atoms with Crippen LogP contribution in [0.5, 0.6) is 0 Å². The number of hydrogen-bond acceptors (Lipinski definition) is 3. The first-order valence-electron chi connectivity index (χ1n) is 5.37. The Morgan fingerprint density at radius 1 is 1.73 bits per heavy atom. The third-order valence-electron chi connectivity index (χ3n) is 3.03. The van der Waals surface area contributed by atoms with E-state index in [0.717, 1.165) is 37.3 Å². The van der Waals surface area contributed by atoms with Crippen LogP contribution in [0.25, 0.3) is 0 Å². The number of hydrogen-bond donors (Lipinski definition) is 0. The quantitative estimate of drug-likeness (QED) is 0.685. The molecule has 1 aromatic rings. The Hall–Kier alpha value is -1.32. The molecule has 15 heavy (non-hydrogen) atoms. The maximum absolute atomic E-state index is 11.4. The SMILES string of the molecule is CCc1ncc2n1CCC(C(=O)OC)C2. The van der Waals surface area contributed by atoms with Crippen molar-refractivity contribution in [3.8, 4) is 0 Å². The van der Waals surface area contributed by atoms with Gasteiger partial charge in [-0.3, -0.25) is 4.79 Å². The van der Waals surface area contributed by atoms with Gasteiger partial charge in [-0.25, -0.2) is 4.98 Å². The van der Waals surface area contributed by atoms with E-state index in [1.807, 2.05) is 6.20 Å². The van der Waals surface area contributed by atoms with Crippen molar-refractivity contribution in [2.75, 3.05) is 7.11 Å². The fraction of sp³-hybridized carbons (Fsp3) is 0.636. The smallest absolute Gasteiger partial charge is 0.309 e. The third-order valence-corrected chi connectivity index (χ3v) is 3.03. The second-order valence-electron chi connectivity index (χ2n) is 3.88. The Morgan fingerprint density at radius 3 is 3.20 bits per heavy atom. The summed E-state index contributed by atoms with van der Waals surface area (Å²) in [4.78, 5) is 15.7. The summed E-state index contributed by atoms with van der Waals surface area (Å²) in [5.74, 6) is 1.04. The lowest BCUT2D eigenvalue weighted by Gasteiger charge is -2.22. The lowest BCUT2D eigenvalue weighted by atomic mass is 9.96. The zero-order valence-electron chi connectivity index (χ0n) is 9.19. The maximum atomic E-state index is 11.4. The molecule has 0 aromatic carbocycles. The number of esters is 1. The predicted molar refractivity (Wildman–Crippen MR) is 55.4 cm³/mol. The second kappa shape index (κ2) is 4.04. The summed E-state index contributed by atoms with van der Waals surface area (Å²) in [6.45, 7) is 2.99. The molecule has 1 unspecified atom stereocenters. The van der Waals surface area contributed by atoms with Crippen molar-refractivity contribution in [1.29, 1.82) is 0 Å². The lowest BCUT2D eigenvalue weighted by molar-refractivity contribution is -0.146. The molecule has 0 spiro atoms. The summed E-state index contributed by atoms with van der Waals surface area (Å²) in [7, 11) is 1.45. The topological polar surface area (TPSA) is 44.1 Å². The van der Waals surface area contributed by atoms with Crippen LogP contribution in [0.3, 0.4) is 0 Å². The summed E-state index contributed by atoms with van der Waals surface area (Å²) in [6.07, 6.45) is 4.46. The number of carbonyl (C=O) groups excluding carboxylic acids is 1. The molecule has 0 aliphatic carbocycles. The highest BCUT2D eigenvalue weighted by atomic mass is 16.5. The largest absolute Gasteiger partial charge is 0.469 e. The van der Waals surface area contributed by atoms with Crippen LogP contribution in [0.2, 0.25) is 0 Å². The average Bonchev–Trinajstić information content (AvgIpc) is 2.69. The molecule has 0 saturated carbocycles. The third kappa shape index (κ3) is 1.76. The fourth-order valence-electron chi connectivity index (χ4n) is 2.18. The number of aryl methyl sites for hydroxylation is 1. The van der Waals surface area contributed by atoms with E-state index in [9.17, 15) is 4.79 Å². The van der Waals surface area contributed by atoms with Crippen molar-refractivity contribution in [2.45, 2.75) is 32.7 Å². The molecule has 2 heterocycles. The Balaban J connectivity index is 2.17. The summed E-state index contributed by atoms with van der Waals surface area (Å²) < 4.78 is 6.99. The first-order valence-corrected chi connectivity index (χ1v) is 5.37. The van der Waals surface area contributed by atoms with Crippen LogP contribution >= 0.6 is 0 Å². The summed E-state index contributed by atoms with van der Waals surface area (Å²) >= 11 is 0. The molecule has 1 aromatic heterocycles. The molecule has 4 nitrogen and oxygen atoms in total. The molecular weight excluding hydrogens is 192 g/mol. The minimum absolute atomic E-state index is 0.0175. The highest BCUT2D eigenvalue weighted by molar-refractivity contribution is 5.72. The summed E-state index contributed by atoms with van der Waals surface area (Å²) in [5.41, 5.74) is 1.16. The molecule has 0 saturated heterocycles. The van der Waals surface area contributed by atoms with Crippen molar-refractivity contribution < 1.29 is 9.53 Å². The van der Waals surface area contributed by atoms with Gasteiger partial charge in [0.05, 0.1) is 13.0 Å². The standard InChI is InChI=1S/C11H16N2O2/c1-3-10-12-7-9-6-8(11(14)15-2)4-5-13(9)10/h7-8H,3-6H2,1-2H3. The molecule has 0 bridgehead atoms. The summed E-state index contributed by atoms with van der Waals surface area (Å²) in [6, 6.07) is 0. The number of rotatable bonds is 2. The van der Waals surface area contributed by atoms with Crippen LogP contribution in [0.1, 0.15) is 24.9 Å². The zero-order valence-corrected chi connectivity index (χ0v) is 9.19. The van der Waals surface area contributed by atoms with Gasteiger partial charge in [-0.1, -0.05) is 6.92 Å². The second-order valence-corrected chi connectivity index (χ2v) is 3.88. The number of imidazole rings is 1. The number of fused-ring (bicyclic) bond motifs is 1. The van der Waals surface area contributed by atoms with Crippen molar-refractivity contribution in [3.05, 3.63) is 17.7 Å². The Kier molecular flexibility index (Phi) is 2.75. The molecule has 0 amide bonds. The first-order chi connectivity index (χ1) is 7.26. The number of carbonyl (C=O) groups is 1. The maximum Gasteiger partial charge on any atom is 0.309 e. The number of ether oxygens (including phenoxy) is 1. The molecule has 1 aliphatic heterocycles. The summed E-state index contributed by atoms with van der Waals surface area (Å²) in [5, 5.41) is 0. The van der Waals surface area contributed by atoms with Gasteiger partial charge >= 0.3 is 5.97 Å². The van der Waals surface area contributed by atoms with E-state index in [-0.39, 0.29) is 11.9 Å². The molecule has 0 fully saturated rings. The zero-order chi connectivity index (χ0) is 10.8. The van der Waals surface area contributed by atoms with E-state index in [4.69, 9.17) is 4.74 Å². The lowest BCUT2D eigenvalue weighted by Crippen LogP contribution is -2.27. The average molecular weight is 208 g/mol. The van der Waals surface area contributed by atoms with Crippen molar-refractivity contribution >= 4 is 5.97 Å². The molecule has 82 valence electrons. The minimum Gasteiger partial charge on any atom is -0.469 e. The van der Waals surface area contributed by atoms with Crippen LogP contribution in [0.15, 0.2) is 6.20 Å². The molecule has 1 aliphatic rings.